The molecule has 1 aromatic rings. The van der Waals surface area contributed by atoms with E-state index in [-0.39, 0.29) is 11.4 Å². The lowest BCUT2D eigenvalue weighted by molar-refractivity contribution is -0.368. The van der Waals surface area contributed by atoms with Gasteiger partial charge in [0.15, 0.2) is 5.69 Å². The van der Waals surface area contributed by atoms with Crippen molar-refractivity contribution < 1.29 is 24.9 Å². The largest absolute Gasteiger partial charge is 0.458 e. The Morgan fingerprint density at radius 2 is 1.92 bits per heavy atom. The van der Waals surface area contributed by atoms with E-state index in [0.717, 1.165) is 25.8 Å². The molecule has 1 heterocycles. The van der Waals surface area contributed by atoms with Gasteiger partial charge in [-0.2, -0.15) is 0 Å². The first-order chi connectivity index (χ1) is 12.2. The van der Waals surface area contributed by atoms with E-state index in [2.05, 4.69) is 26.3 Å². The molecule has 0 aromatic carbocycles. The van der Waals surface area contributed by atoms with E-state index in [1.54, 1.807) is 20.8 Å². The number of hydrogen-bond donors (Lipinski definition) is 4. The van der Waals surface area contributed by atoms with Crippen LogP contribution in [0.3, 0.4) is 0 Å². The summed E-state index contributed by atoms with van der Waals surface area (Å²) in [6.45, 7) is 8.12. The molecule has 0 radical (unpaired) electrons. The molecule has 0 aliphatic rings. The van der Waals surface area contributed by atoms with Crippen LogP contribution in [0.15, 0.2) is 6.33 Å². The van der Waals surface area contributed by atoms with E-state index in [1.807, 2.05) is 0 Å². The number of hydrogen-bond acceptors (Lipinski definition) is 5. The van der Waals surface area contributed by atoms with E-state index in [4.69, 9.17) is 4.74 Å². The van der Waals surface area contributed by atoms with E-state index in [0.29, 0.717) is 6.54 Å². The molecular formula is C17H30N5O4+. The molecule has 0 saturated carbocycles. The zero-order valence-corrected chi connectivity index (χ0v) is 16.0. The van der Waals surface area contributed by atoms with Crippen LogP contribution < -0.4 is 16.4 Å². The number of amides is 2. The number of esters is 1. The molecule has 0 saturated heterocycles. The maximum absolute atomic E-state index is 12.3. The molecule has 0 spiro atoms. The average Bonchev–Trinajstić information content (AvgIpc) is 3.02. The number of quaternary nitrogens is 1. The molecular weight excluding hydrogens is 338 g/mol. The molecule has 6 N–H and O–H groups in total. The van der Waals surface area contributed by atoms with Crippen LogP contribution >= 0.6 is 0 Å². The Morgan fingerprint density at radius 1 is 1.23 bits per heavy atom. The van der Waals surface area contributed by atoms with Gasteiger partial charge >= 0.3 is 5.97 Å². The molecule has 0 aliphatic heterocycles. The topological polar surface area (TPSA) is 141 Å². The first-order valence-corrected chi connectivity index (χ1v) is 8.80. The van der Waals surface area contributed by atoms with Gasteiger partial charge in [0, 0.05) is 6.54 Å². The van der Waals surface area contributed by atoms with E-state index in [9.17, 15) is 14.4 Å². The molecule has 0 unspecified atom stereocenters. The lowest BCUT2D eigenvalue weighted by Crippen LogP contribution is -2.50. The first kappa shape index (κ1) is 21.6. The molecule has 9 nitrogen and oxygen atoms in total. The standard InChI is InChI=1S/C17H29N5O4/c1-11(16(25)26-17(2,3)4)22-15(24)13-12(20-10-21-13)14(23)19-9-7-5-6-8-18/h10-11H,5-9,18H2,1-4H3,(H,19,23)(H,20,21)(H,22,24)/p+1/t11-/m0/s1. The van der Waals surface area contributed by atoms with Crippen molar-refractivity contribution in [2.45, 2.75) is 58.6 Å². The molecule has 1 rings (SSSR count). The zero-order valence-electron chi connectivity index (χ0n) is 16.0. The number of carbonyl (C=O) groups is 3. The fraction of sp³-hybridized carbons (Fsp3) is 0.647. The van der Waals surface area contributed by atoms with Crippen LogP contribution in [0.25, 0.3) is 0 Å². The number of aromatic nitrogens is 2. The van der Waals surface area contributed by atoms with Gasteiger partial charge in [-0.05, 0) is 47.0 Å². The number of ether oxygens (including phenoxy) is 1. The highest BCUT2D eigenvalue weighted by molar-refractivity contribution is 6.05. The lowest BCUT2D eigenvalue weighted by atomic mass is 10.2. The summed E-state index contributed by atoms with van der Waals surface area (Å²) in [7, 11) is 0. The molecule has 1 atom stereocenters. The van der Waals surface area contributed by atoms with Crippen molar-refractivity contribution in [3.8, 4) is 0 Å². The fourth-order valence-electron chi connectivity index (χ4n) is 2.12. The van der Waals surface area contributed by atoms with Crippen molar-refractivity contribution in [1.29, 1.82) is 0 Å². The predicted molar refractivity (Wildman–Crippen MR) is 95.3 cm³/mol. The predicted octanol–water partition coefficient (Wildman–Crippen LogP) is 0.0117. The van der Waals surface area contributed by atoms with Crippen molar-refractivity contribution in [1.82, 2.24) is 20.6 Å². The smallest absolute Gasteiger partial charge is 0.328 e. The summed E-state index contributed by atoms with van der Waals surface area (Å²) in [5, 5.41) is 5.25. The molecule has 1 aromatic heterocycles. The second-order valence-corrected chi connectivity index (χ2v) is 7.02. The van der Waals surface area contributed by atoms with Gasteiger partial charge in [-0.15, -0.1) is 0 Å². The van der Waals surface area contributed by atoms with Crippen molar-refractivity contribution in [2.75, 3.05) is 13.1 Å². The number of carbonyl (C=O) groups excluding carboxylic acids is 3. The third kappa shape index (κ3) is 7.22. The quantitative estimate of drug-likeness (QED) is 0.359. The Balaban J connectivity index is 2.62. The number of rotatable bonds is 9. The molecule has 2 amide bonds. The Hall–Kier alpha value is -2.42. The molecule has 0 fully saturated rings. The van der Waals surface area contributed by atoms with Gasteiger partial charge in [-0.3, -0.25) is 9.59 Å². The van der Waals surface area contributed by atoms with Gasteiger partial charge in [-0.25, -0.2) is 9.78 Å². The van der Waals surface area contributed by atoms with E-state index in [1.165, 1.54) is 13.3 Å². The second kappa shape index (κ2) is 9.91. The Kier molecular flexibility index (Phi) is 8.24. The minimum absolute atomic E-state index is 0.0596. The van der Waals surface area contributed by atoms with Crippen molar-refractivity contribution in [2.24, 2.45) is 0 Å². The third-order valence-electron chi connectivity index (χ3n) is 3.40. The van der Waals surface area contributed by atoms with Gasteiger partial charge in [0.05, 0.1) is 12.9 Å². The molecule has 0 bridgehead atoms. The maximum Gasteiger partial charge on any atom is 0.328 e. The summed E-state index contributed by atoms with van der Waals surface area (Å²) in [5.41, 5.74) is 3.12. The highest BCUT2D eigenvalue weighted by atomic mass is 16.6. The summed E-state index contributed by atoms with van der Waals surface area (Å²) in [4.78, 5) is 43.1. The van der Waals surface area contributed by atoms with Crippen LogP contribution in [0.2, 0.25) is 0 Å². The van der Waals surface area contributed by atoms with Crippen molar-refractivity contribution in [3.63, 3.8) is 0 Å². The summed E-state index contributed by atoms with van der Waals surface area (Å²) in [6, 6.07) is -0.864. The van der Waals surface area contributed by atoms with Crippen LogP contribution in [-0.4, -0.2) is 52.5 Å². The van der Waals surface area contributed by atoms with Crippen LogP contribution in [0.5, 0.6) is 0 Å². The van der Waals surface area contributed by atoms with Crippen molar-refractivity contribution in [3.05, 3.63) is 17.7 Å². The average molecular weight is 368 g/mol. The Bertz CT molecular complexity index is 621. The monoisotopic (exact) mass is 368 g/mol. The number of imidazole rings is 1. The third-order valence-corrected chi connectivity index (χ3v) is 3.40. The van der Waals surface area contributed by atoms with Gasteiger partial charge in [0.1, 0.15) is 17.3 Å². The lowest BCUT2D eigenvalue weighted by Gasteiger charge is -2.22. The SMILES string of the molecule is C[C@H](NC(=O)c1nc[nH]c1C(=O)NCCCCC[NH3+])C(=O)OC(C)(C)C. The number of nitrogens with one attached hydrogen (secondary N) is 3. The summed E-state index contributed by atoms with van der Waals surface area (Å²) >= 11 is 0. The Morgan fingerprint density at radius 3 is 2.54 bits per heavy atom. The van der Waals surface area contributed by atoms with Gasteiger partial charge in [0.25, 0.3) is 11.8 Å². The number of unbranched alkanes of at least 4 members (excludes halogenated alkanes) is 2. The van der Waals surface area contributed by atoms with Gasteiger partial charge < -0.3 is 26.1 Å². The maximum atomic E-state index is 12.3. The van der Waals surface area contributed by atoms with Crippen molar-refractivity contribution >= 4 is 17.8 Å². The minimum Gasteiger partial charge on any atom is -0.458 e. The van der Waals surface area contributed by atoms with Gasteiger partial charge in [-0.1, -0.05) is 0 Å². The zero-order chi connectivity index (χ0) is 19.7. The van der Waals surface area contributed by atoms with Crippen LogP contribution in [0.1, 0.15) is 67.9 Å². The van der Waals surface area contributed by atoms with Crippen LogP contribution in [0.4, 0.5) is 0 Å². The summed E-state index contributed by atoms with van der Waals surface area (Å²) in [5.74, 6) is -1.59. The fourth-order valence-corrected chi connectivity index (χ4v) is 2.12. The normalized spacial score (nSPS) is 12.3. The van der Waals surface area contributed by atoms with E-state index < -0.39 is 29.4 Å². The first-order valence-electron chi connectivity index (χ1n) is 8.80. The molecule has 146 valence electrons. The molecule has 9 heteroatoms. The highest BCUT2D eigenvalue weighted by Crippen LogP contribution is 2.09. The summed E-state index contributed by atoms with van der Waals surface area (Å²) in [6.07, 6.45) is 4.10. The molecule has 0 aliphatic carbocycles. The van der Waals surface area contributed by atoms with Gasteiger partial charge in [0.2, 0.25) is 0 Å². The number of aromatic amines is 1. The second-order valence-electron chi connectivity index (χ2n) is 7.02. The van der Waals surface area contributed by atoms with Crippen LogP contribution in [-0.2, 0) is 9.53 Å². The Labute approximate surface area is 153 Å². The van der Waals surface area contributed by atoms with E-state index >= 15 is 0 Å². The highest BCUT2D eigenvalue weighted by Gasteiger charge is 2.26. The summed E-state index contributed by atoms with van der Waals surface area (Å²) < 4.78 is 5.22. The van der Waals surface area contributed by atoms with Crippen LogP contribution in [0, 0.1) is 0 Å². The number of H-pyrrole nitrogens is 1. The molecule has 26 heavy (non-hydrogen) atoms. The minimum atomic E-state index is -0.864. The number of nitrogens with zero attached hydrogens (tertiary/aromatic N) is 1.